The molecule has 2 heterocycles. The minimum atomic E-state index is 0.258. The summed E-state index contributed by atoms with van der Waals surface area (Å²) < 4.78 is 6.47. The van der Waals surface area contributed by atoms with Crippen molar-refractivity contribution in [1.82, 2.24) is 10.2 Å². The van der Waals surface area contributed by atoms with Crippen molar-refractivity contribution in [3.63, 3.8) is 0 Å². The summed E-state index contributed by atoms with van der Waals surface area (Å²) in [7, 11) is 0. The summed E-state index contributed by atoms with van der Waals surface area (Å²) in [5, 5.41) is 9.63. The van der Waals surface area contributed by atoms with E-state index in [0.717, 1.165) is 5.56 Å². The highest BCUT2D eigenvalue weighted by atomic mass is 127. The van der Waals surface area contributed by atoms with E-state index in [1.54, 1.807) is 11.3 Å². The van der Waals surface area contributed by atoms with Crippen LogP contribution in [0.15, 0.2) is 15.9 Å². The number of alkyl halides is 1. The zero-order valence-electron chi connectivity index (χ0n) is 6.33. The Kier molecular flexibility index (Phi) is 2.85. The van der Waals surface area contributed by atoms with Crippen LogP contribution in [0.25, 0.3) is 11.5 Å². The van der Waals surface area contributed by atoms with Crippen molar-refractivity contribution in [2.24, 2.45) is 0 Å². The van der Waals surface area contributed by atoms with Crippen LogP contribution in [0.4, 0.5) is 0 Å². The summed E-state index contributed by atoms with van der Waals surface area (Å²) in [5.74, 6) is 1.25. The first-order chi connectivity index (χ1) is 6.29. The predicted octanol–water partition coefficient (Wildman–Crippen LogP) is 3.14. The third-order valence-electron chi connectivity index (χ3n) is 1.40. The standard InChI is InChI=1S/C7H4ClIN2OS/c8-2-6-10-11-7(12-6)4-1-5(9)13-3-4/h1,3H,2H2. The van der Waals surface area contributed by atoms with Gasteiger partial charge in [0.15, 0.2) is 0 Å². The third-order valence-corrected chi connectivity index (χ3v) is 3.41. The molecule has 3 nitrogen and oxygen atoms in total. The maximum atomic E-state index is 5.54. The van der Waals surface area contributed by atoms with Crippen molar-refractivity contribution in [3.8, 4) is 11.5 Å². The Morgan fingerprint density at radius 2 is 2.38 bits per heavy atom. The minimum Gasteiger partial charge on any atom is -0.419 e. The number of aromatic nitrogens is 2. The quantitative estimate of drug-likeness (QED) is 0.628. The second-order valence-corrected chi connectivity index (χ2v) is 5.35. The Bertz CT molecular complexity index is 414. The van der Waals surface area contributed by atoms with Gasteiger partial charge in [0.05, 0.1) is 8.45 Å². The maximum absolute atomic E-state index is 5.54. The van der Waals surface area contributed by atoms with Crippen molar-refractivity contribution < 1.29 is 4.42 Å². The van der Waals surface area contributed by atoms with Crippen molar-refractivity contribution in [1.29, 1.82) is 0 Å². The molecule has 68 valence electrons. The van der Waals surface area contributed by atoms with Crippen LogP contribution in [0.5, 0.6) is 0 Å². The van der Waals surface area contributed by atoms with Crippen molar-refractivity contribution >= 4 is 45.5 Å². The Labute approximate surface area is 97.3 Å². The molecular formula is C7H4ClIN2OS. The molecular weight excluding hydrogens is 323 g/mol. The lowest BCUT2D eigenvalue weighted by Gasteiger charge is -1.84. The Morgan fingerprint density at radius 3 is 2.92 bits per heavy atom. The Morgan fingerprint density at radius 1 is 1.54 bits per heavy atom. The number of rotatable bonds is 2. The largest absolute Gasteiger partial charge is 0.419 e. The number of hydrogen-bond donors (Lipinski definition) is 0. The summed E-state index contributed by atoms with van der Waals surface area (Å²) in [6.07, 6.45) is 0. The van der Waals surface area contributed by atoms with Gasteiger partial charge in [-0.05, 0) is 28.7 Å². The molecule has 2 rings (SSSR count). The minimum absolute atomic E-state index is 0.258. The van der Waals surface area contributed by atoms with E-state index < -0.39 is 0 Å². The fourth-order valence-electron chi connectivity index (χ4n) is 0.846. The lowest BCUT2D eigenvalue weighted by molar-refractivity contribution is 0.527. The Balaban J connectivity index is 2.35. The molecule has 6 heteroatoms. The molecule has 0 saturated carbocycles. The molecule has 0 aromatic carbocycles. The molecule has 0 fully saturated rings. The van der Waals surface area contributed by atoms with Gasteiger partial charge in [-0.2, -0.15) is 0 Å². The molecule has 0 unspecified atom stereocenters. The van der Waals surface area contributed by atoms with Gasteiger partial charge in [-0.25, -0.2) is 0 Å². The molecule has 0 aliphatic rings. The van der Waals surface area contributed by atoms with Crippen molar-refractivity contribution in [2.45, 2.75) is 5.88 Å². The van der Waals surface area contributed by atoms with Crippen molar-refractivity contribution in [2.75, 3.05) is 0 Å². The number of halogens is 2. The zero-order chi connectivity index (χ0) is 9.26. The first kappa shape index (κ1) is 9.42. The summed E-state index contributed by atoms with van der Waals surface area (Å²) in [5.41, 5.74) is 0.957. The molecule has 0 N–H and O–H groups in total. The summed E-state index contributed by atoms with van der Waals surface area (Å²) >= 11 is 9.43. The molecule has 13 heavy (non-hydrogen) atoms. The second kappa shape index (κ2) is 3.93. The highest BCUT2D eigenvalue weighted by Crippen LogP contribution is 2.25. The monoisotopic (exact) mass is 326 g/mol. The first-order valence-electron chi connectivity index (χ1n) is 3.42. The fourth-order valence-corrected chi connectivity index (χ4v) is 2.27. The van der Waals surface area contributed by atoms with Crippen LogP contribution < -0.4 is 0 Å². The van der Waals surface area contributed by atoms with Crippen LogP contribution in [0.3, 0.4) is 0 Å². The van der Waals surface area contributed by atoms with Crippen LogP contribution in [0, 0.1) is 2.88 Å². The molecule has 0 aliphatic heterocycles. The van der Waals surface area contributed by atoms with Gasteiger partial charge in [0.2, 0.25) is 11.8 Å². The summed E-state index contributed by atoms with van der Waals surface area (Å²) in [6.45, 7) is 0. The normalized spacial score (nSPS) is 10.6. The average Bonchev–Trinajstić information content (AvgIpc) is 2.71. The van der Waals surface area contributed by atoms with E-state index in [4.69, 9.17) is 16.0 Å². The van der Waals surface area contributed by atoms with Gasteiger partial charge in [0.25, 0.3) is 0 Å². The Hall–Kier alpha value is -0.140. The average molecular weight is 327 g/mol. The van der Waals surface area contributed by atoms with E-state index >= 15 is 0 Å². The smallest absolute Gasteiger partial charge is 0.248 e. The third kappa shape index (κ3) is 2.03. The van der Waals surface area contributed by atoms with E-state index in [2.05, 4.69) is 32.8 Å². The first-order valence-corrected chi connectivity index (χ1v) is 5.91. The molecule has 0 amide bonds. The summed E-state index contributed by atoms with van der Waals surface area (Å²) in [6, 6.07) is 2.00. The zero-order valence-corrected chi connectivity index (χ0v) is 10.1. The van der Waals surface area contributed by atoms with Crippen LogP contribution >= 0.6 is 45.5 Å². The number of hydrogen-bond acceptors (Lipinski definition) is 4. The molecule has 2 aromatic heterocycles. The molecule has 0 saturated heterocycles. The van der Waals surface area contributed by atoms with Gasteiger partial charge >= 0.3 is 0 Å². The van der Waals surface area contributed by atoms with Gasteiger partial charge in [-0.3, -0.25) is 0 Å². The van der Waals surface area contributed by atoms with E-state index in [-0.39, 0.29) is 5.88 Å². The van der Waals surface area contributed by atoms with Crippen LogP contribution in [-0.2, 0) is 5.88 Å². The molecule has 2 aromatic rings. The van der Waals surface area contributed by atoms with E-state index in [9.17, 15) is 0 Å². The van der Waals surface area contributed by atoms with E-state index in [0.29, 0.717) is 11.8 Å². The summed E-state index contributed by atoms with van der Waals surface area (Å²) in [4.78, 5) is 0. The second-order valence-electron chi connectivity index (χ2n) is 2.27. The van der Waals surface area contributed by atoms with Crippen LogP contribution in [0.2, 0.25) is 0 Å². The lowest BCUT2D eigenvalue weighted by atomic mass is 10.3. The lowest BCUT2D eigenvalue weighted by Crippen LogP contribution is -1.74. The molecule has 0 radical (unpaired) electrons. The number of nitrogens with zero attached hydrogens (tertiary/aromatic N) is 2. The molecule has 0 spiro atoms. The van der Waals surface area contributed by atoms with Gasteiger partial charge in [-0.1, -0.05) is 0 Å². The highest BCUT2D eigenvalue weighted by molar-refractivity contribution is 14.1. The van der Waals surface area contributed by atoms with Gasteiger partial charge < -0.3 is 4.42 Å². The fraction of sp³-hybridized carbons (Fsp3) is 0.143. The van der Waals surface area contributed by atoms with Crippen molar-refractivity contribution in [3.05, 3.63) is 20.2 Å². The molecule has 0 atom stereocenters. The SMILES string of the molecule is ClCc1nnc(-c2csc(I)c2)o1. The van der Waals surface area contributed by atoms with E-state index in [1.807, 2.05) is 11.4 Å². The molecule has 0 bridgehead atoms. The topological polar surface area (TPSA) is 38.9 Å². The highest BCUT2D eigenvalue weighted by Gasteiger charge is 2.08. The number of thiophene rings is 1. The van der Waals surface area contributed by atoms with Crippen LogP contribution in [0.1, 0.15) is 5.89 Å². The predicted molar refractivity (Wildman–Crippen MR) is 59.9 cm³/mol. The van der Waals surface area contributed by atoms with E-state index in [1.165, 1.54) is 2.88 Å². The van der Waals surface area contributed by atoms with Crippen LogP contribution in [-0.4, -0.2) is 10.2 Å². The van der Waals surface area contributed by atoms with Gasteiger partial charge in [-0.15, -0.1) is 33.1 Å². The maximum Gasteiger partial charge on any atom is 0.248 e. The van der Waals surface area contributed by atoms with Gasteiger partial charge in [0, 0.05) is 5.38 Å². The molecule has 0 aliphatic carbocycles. The van der Waals surface area contributed by atoms with Gasteiger partial charge in [0.1, 0.15) is 5.88 Å².